The number of fused-ring (bicyclic) bond motifs is 1. The number of benzene rings is 1. The fraction of sp³-hybridized carbons (Fsp3) is 0.333. The first-order chi connectivity index (χ1) is 9.63. The molecule has 0 aliphatic carbocycles. The number of hydrogen-bond donors (Lipinski definition) is 0. The van der Waals surface area contributed by atoms with Crippen molar-refractivity contribution < 1.29 is 19.1 Å². The van der Waals surface area contributed by atoms with Crippen LogP contribution < -0.4 is 9.64 Å². The maximum Gasteiger partial charge on any atom is 0.330 e. The standard InChI is InChI=1S/C15H17NO4/c1-3-19-14(17)9-6-10-16-12-7-4-5-8-13(12)20-11(2)15(16)18/h4-9,11H,3,10H2,1-2H3/b9-6+. The number of anilines is 1. The number of ether oxygens (including phenoxy) is 2. The maximum atomic E-state index is 12.1. The van der Waals surface area contributed by atoms with E-state index >= 15 is 0 Å². The van der Waals surface area contributed by atoms with Crippen LogP contribution in [0.5, 0.6) is 5.75 Å². The summed E-state index contributed by atoms with van der Waals surface area (Å²) in [5, 5.41) is 0. The van der Waals surface area contributed by atoms with Crippen LogP contribution in [0.15, 0.2) is 36.4 Å². The van der Waals surface area contributed by atoms with Gasteiger partial charge < -0.3 is 14.4 Å². The van der Waals surface area contributed by atoms with Gasteiger partial charge in [0.1, 0.15) is 5.75 Å². The van der Waals surface area contributed by atoms with E-state index in [1.165, 1.54) is 6.08 Å². The molecule has 1 atom stereocenters. The lowest BCUT2D eigenvalue weighted by Gasteiger charge is -2.32. The van der Waals surface area contributed by atoms with Gasteiger partial charge in [-0.05, 0) is 26.0 Å². The molecule has 0 radical (unpaired) electrons. The zero-order chi connectivity index (χ0) is 14.5. The average Bonchev–Trinajstić information content (AvgIpc) is 2.43. The van der Waals surface area contributed by atoms with Gasteiger partial charge in [-0.15, -0.1) is 0 Å². The van der Waals surface area contributed by atoms with Gasteiger partial charge in [0.05, 0.1) is 12.3 Å². The molecule has 1 aliphatic heterocycles. The molecule has 106 valence electrons. The van der Waals surface area contributed by atoms with Crippen molar-refractivity contribution in [2.75, 3.05) is 18.1 Å². The van der Waals surface area contributed by atoms with E-state index in [0.717, 1.165) is 0 Å². The van der Waals surface area contributed by atoms with Crippen molar-refractivity contribution in [3.05, 3.63) is 36.4 Å². The van der Waals surface area contributed by atoms with Crippen LogP contribution >= 0.6 is 0 Å². The van der Waals surface area contributed by atoms with Crippen LogP contribution in [0.2, 0.25) is 0 Å². The second kappa shape index (κ2) is 6.23. The molecule has 1 aliphatic rings. The van der Waals surface area contributed by atoms with Gasteiger partial charge in [-0.3, -0.25) is 4.79 Å². The molecule has 0 fully saturated rings. The number of esters is 1. The molecule has 5 nitrogen and oxygen atoms in total. The van der Waals surface area contributed by atoms with E-state index in [-0.39, 0.29) is 5.91 Å². The lowest BCUT2D eigenvalue weighted by molar-refractivity contribution is -0.137. The number of hydrogen-bond acceptors (Lipinski definition) is 4. The smallest absolute Gasteiger partial charge is 0.330 e. The van der Waals surface area contributed by atoms with E-state index in [1.54, 1.807) is 24.8 Å². The van der Waals surface area contributed by atoms with Crippen LogP contribution in [0.25, 0.3) is 0 Å². The lowest BCUT2D eigenvalue weighted by Crippen LogP contribution is -2.44. The van der Waals surface area contributed by atoms with Crippen LogP contribution in [0.1, 0.15) is 13.8 Å². The summed E-state index contributed by atoms with van der Waals surface area (Å²) in [5.74, 6) is 0.135. The number of nitrogens with zero attached hydrogens (tertiary/aromatic N) is 1. The third-order valence-corrected chi connectivity index (χ3v) is 2.90. The van der Waals surface area contributed by atoms with Gasteiger partial charge in [0.2, 0.25) is 0 Å². The summed E-state index contributed by atoms with van der Waals surface area (Å²) in [6.07, 6.45) is 2.42. The molecule has 2 rings (SSSR count). The predicted octanol–water partition coefficient (Wildman–Crippen LogP) is 1.92. The van der Waals surface area contributed by atoms with Crippen molar-refractivity contribution in [3.63, 3.8) is 0 Å². The summed E-state index contributed by atoms with van der Waals surface area (Å²) in [7, 11) is 0. The second-order valence-electron chi connectivity index (χ2n) is 4.33. The summed E-state index contributed by atoms with van der Waals surface area (Å²) in [5.41, 5.74) is 0.712. The Kier molecular flexibility index (Phi) is 4.40. The van der Waals surface area contributed by atoms with Crippen molar-refractivity contribution in [2.24, 2.45) is 0 Å². The van der Waals surface area contributed by atoms with E-state index in [1.807, 2.05) is 24.3 Å². The van der Waals surface area contributed by atoms with E-state index in [0.29, 0.717) is 24.6 Å². The number of para-hydroxylation sites is 2. The maximum absolute atomic E-state index is 12.1. The monoisotopic (exact) mass is 275 g/mol. The highest BCUT2D eigenvalue weighted by Crippen LogP contribution is 2.33. The highest BCUT2D eigenvalue weighted by atomic mass is 16.5. The number of rotatable bonds is 4. The van der Waals surface area contributed by atoms with Crippen LogP contribution in [0, 0.1) is 0 Å². The minimum Gasteiger partial charge on any atom is -0.479 e. The Morgan fingerprint density at radius 1 is 1.45 bits per heavy atom. The Balaban J connectivity index is 2.14. The van der Waals surface area contributed by atoms with E-state index < -0.39 is 12.1 Å². The van der Waals surface area contributed by atoms with Gasteiger partial charge in [-0.25, -0.2) is 4.79 Å². The van der Waals surface area contributed by atoms with Crippen LogP contribution in [-0.4, -0.2) is 31.1 Å². The zero-order valence-corrected chi connectivity index (χ0v) is 11.5. The van der Waals surface area contributed by atoms with Gasteiger partial charge in [0.15, 0.2) is 6.10 Å². The molecule has 1 aromatic carbocycles. The van der Waals surface area contributed by atoms with Crippen molar-refractivity contribution in [3.8, 4) is 5.75 Å². The minimum absolute atomic E-state index is 0.128. The fourth-order valence-electron chi connectivity index (χ4n) is 1.99. The molecule has 0 aromatic heterocycles. The highest BCUT2D eigenvalue weighted by molar-refractivity contribution is 6.00. The Bertz CT molecular complexity index is 538. The third kappa shape index (κ3) is 2.99. The Hall–Kier alpha value is -2.30. The van der Waals surface area contributed by atoms with Crippen molar-refractivity contribution in [1.29, 1.82) is 0 Å². The average molecular weight is 275 g/mol. The molecular formula is C15H17NO4. The fourth-order valence-corrected chi connectivity index (χ4v) is 1.99. The molecule has 20 heavy (non-hydrogen) atoms. The van der Waals surface area contributed by atoms with E-state index in [9.17, 15) is 9.59 Å². The molecule has 0 bridgehead atoms. The van der Waals surface area contributed by atoms with Crippen LogP contribution in [0.4, 0.5) is 5.69 Å². The predicted molar refractivity (Wildman–Crippen MR) is 74.7 cm³/mol. The summed E-state index contributed by atoms with van der Waals surface area (Å²) < 4.78 is 10.3. The van der Waals surface area contributed by atoms with Crippen molar-refractivity contribution in [1.82, 2.24) is 0 Å². The molecule has 5 heteroatoms. The van der Waals surface area contributed by atoms with Crippen molar-refractivity contribution in [2.45, 2.75) is 20.0 Å². The molecule has 1 amide bonds. The Morgan fingerprint density at radius 2 is 2.20 bits per heavy atom. The first-order valence-electron chi connectivity index (χ1n) is 6.54. The summed E-state index contributed by atoms with van der Waals surface area (Å²) in [6, 6.07) is 7.33. The third-order valence-electron chi connectivity index (χ3n) is 2.90. The van der Waals surface area contributed by atoms with E-state index in [2.05, 4.69) is 0 Å². The molecule has 1 heterocycles. The van der Waals surface area contributed by atoms with Crippen LogP contribution in [-0.2, 0) is 14.3 Å². The van der Waals surface area contributed by atoms with E-state index in [4.69, 9.17) is 9.47 Å². The zero-order valence-electron chi connectivity index (χ0n) is 11.5. The van der Waals surface area contributed by atoms with Gasteiger partial charge in [-0.2, -0.15) is 0 Å². The lowest BCUT2D eigenvalue weighted by atomic mass is 10.2. The minimum atomic E-state index is -0.527. The molecular weight excluding hydrogens is 258 g/mol. The second-order valence-corrected chi connectivity index (χ2v) is 4.33. The number of amides is 1. The topological polar surface area (TPSA) is 55.8 Å². The number of carbonyl (C=O) groups is 2. The summed E-state index contributed by atoms with van der Waals surface area (Å²) in [6.45, 7) is 4.09. The van der Waals surface area contributed by atoms with Gasteiger partial charge in [0, 0.05) is 12.6 Å². The van der Waals surface area contributed by atoms with Gasteiger partial charge >= 0.3 is 5.97 Å². The summed E-state index contributed by atoms with van der Waals surface area (Å²) >= 11 is 0. The summed E-state index contributed by atoms with van der Waals surface area (Å²) in [4.78, 5) is 25.0. The quantitative estimate of drug-likeness (QED) is 0.622. The van der Waals surface area contributed by atoms with Crippen LogP contribution in [0.3, 0.4) is 0 Å². The SMILES string of the molecule is CCOC(=O)/C=C/CN1C(=O)C(C)Oc2ccccc21. The molecule has 1 aromatic rings. The van der Waals surface area contributed by atoms with Gasteiger partial charge in [0.25, 0.3) is 5.91 Å². The molecule has 0 saturated carbocycles. The molecule has 0 saturated heterocycles. The Morgan fingerprint density at radius 3 is 2.95 bits per heavy atom. The first kappa shape index (κ1) is 14.1. The Labute approximate surface area is 117 Å². The first-order valence-corrected chi connectivity index (χ1v) is 6.54. The largest absolute Gasteiger partial charge is 0.479 e. The molecule has 0 spiro atoms. The normalized spacial score (nSPS) is 17.8. The molecule has 1 unspecified atom stereocenters. The molecule has 0 N–H and O–H groups in total. The number of carbonyl (C=O) groups excluding carboxylic acids is 2. The van der Waals surface area contributed by atoms with Crippen molar-refractivity contribution >= 4 is 17.6 Å². The highest BCUT2D eigenvalue weighted by Gasteiger charge is 2.30. The van der Waals surface area contributed by atoms with Gasteiger partial charge in [-0.1, -0.05) is 18.2 Å².